The summed E-state index contributed by atoms with van der Waals surface area (Å²) in [5.41, 5.74) is 2.71. The van der Waals surface area contributed by atoms with Gasteiger partial charge in [-0.05, 0) is 74.6 Å². The summed E-state index contributed by atoms with van der Waals surface area (Å²) in [6.07, 6.45) is 23.1. The summed E-state index contributed by atoms with van der Waals surface area (Å²) < 4.78 is 11.1. The van der Waals surface area contributed by atoms with Gasteiger partial charge in [-0.3, -0.25) is 4.79 Å². The second-order valence-electron chi connectivity index (χ2n) is 10.1. The lowest BCUT2D eigenvalue weighted by molar-refractivity contribution is -0.132. The Morgan fingerprint density at radius 1 is 0.824 bits per heavy atom. The van der Waals surface area contributed by atoms with E-state index in [-0.39, 0.29) is 0 Å². The minimum absolute atomic E-state index is 0.325. The maximum absolute atomic E-state index is 12.4. The van der Waals surface area contributed by atoms with Crippen molar-refractivity contribution in [2.24, 2.45) is 0 Å². The van der Waals surface area contributed by atoms with E-state index < -0.39 is 0 Å². The zero-order valence-corrected chi connectivity index (χ0v) is 21.6. The fourth-order valence-corrected chi connectivity index (χ4v) is 5.08. The smallest absolute Gasteiger partial charge is 0.231 e. The van der Waals surface area contributed by atoms with E-state index in [1.807, 2.05) is 6.07 Å². The third kappa shape index (κ3) is 9.35. The van der Waals surface area contributed by atoms with Gasteiger partial charge in [0.15, 0.2) is 11.5 Å². The van der Waals surface area contributed by atoms with Gasteiger partial charge in [0.25, 0.3) is 0 Å². The summed E-state index contributed by atoms with van der Waals surface area (Å²) in [5, 5.41) is 0. The monoisotopic (exact) mass is 469 g/mol. The molecule has 2 heterocycles. The van der Waals surface area contributed by atoms with Gasteiger partial charge in [-0.1, -0.05) is 70.4 Å². The van der Waals surface area contributed by atoms with Crippen LogP contribution in [0.15, 0.2) is 24.3 Å². The first-order chi connectivity index (χ1) is 16.8. The van der Waals surface area contributed by atoms with Crippen molar-refractivity contribution in [1.82, 2.24) is 4.90 Å². The zero-order valence-electron chi connectivity index (χ0n) is 21.6. The molecule has 190 valence electrons. The number of likely N-dealkylation sites (tertiary alicyclic amines) is 1. The molecule has 1 aromatic rings. The SMILES string of the molecule is CCCCCCCCCC/C(=C/CCCCCC(=O)N1CCCCC1)c1ccc2c(c1)OCO2. The lowest BCUT2D eigenvalue weighted by atomic mass is 9.96. The van der Waals surface area contributed by atoms with Gasteiger partial charge in [-0.25, -0.2) is 0 Å². The quantitative estimate of drug-likeness (QED) is 0.229. The van der Waals surface area contributed by atoms with Crippen molar-refractivity contribution in [1.29, 1.82) is 0 Å². The van der Waals surface area contributed by atoms with Crippen molar-refractivity contribution < 1.29 is 14.3 Å². The summed E-state index contributed by atoms with van der Waals surface area (Å²) in [5.74, 6) is 2.09. The summed E-state index contributed by atoms with van der Waals surface area (Å²) in [6.45, 7) is 4.55. The number of piperidine rings is 1. The predicted molar refractivity (Wildman–Crippen MR) is 141 cm³/mol. The number of amides is 1. The molecule has 2 aliphatic rings. The number of nitrogens with zero attached hydrogens (tertiary/aromatic N) is 1. The number of hydrogen-bond donors (Lipinski definition) is 0. The van der Waals surface area contributed by atoms with E-state index in [1.54, 1.807) is 0 Å². The number of carbonyl (C=O) groups is 1. The van der Waals surface area contributed by atoms with Crippen LogP contribution in [0.25, 0.3) is 5.57 Å². The molecule has 4 heteroatoms. The van der Waals surface area contributed by atoms with Crippen LogP contribution >= 0.6 is 0 Å². The van der Waals surface area contributed by atoms with Crippen LogP contribution in [-0.4, -0.2) is 30.7 Å². The van der Waals surface area contributed by atoms with E-state index >= 15 is 0 Å². The van der Waals surface area contributed by atoms with Crippen LogP contribution in [0.5, 0.6) is 11.5 Å². The fourth-order valence-electron chi connectivity index (χ4n) is 5.08. The summed E-state index contributed by atoms with van der Waals surface area (Å²) in [7, 11) is 0. The van der Waals surface area contributed by atoms with Crippen molar-refractivity contribution in [2.45, 2.75) is 116 Å². The van der Waals surface area contributed by atoms with Crippen molar-refractivity contribution in [3.05, 3.63) is 29.8 Å². The highest BCUT2D eigenvalue weighted by Crippen LogP contribution is 2.36. The Kier molecular flexibility index (Phi) is 12.4. The molecule has 1 fully saturated rings. The zero-order chi connectivity index (χ0) is 23.8. The van der Waals surface area contributed by atoms with Crippen molar-refractivity contribution in [3.63, 3.8) is 0 Å². The highest BCUT2D eigenvalue weighted by molar-refractivity contribution is 5.76. The van der Waals surface area contributed by atoms with Crippen molar-refractivity contribution >= 4 is 11.5 Å². The molecule has 0 aromatic heterocycles. The average Bonchev–Trinajstić information content (AvgIpc) is 3.34. The molecule has 1 saturated heterocycles. The van der Waals surface area contributed by atoms with Crippen LogP contribution in [0.1, 0.15) is 122 Å². The molecule has 0 saturated carbocycles. The van der Waals surface area contributed by atoms with E-state index in [9.17, 15) is 4.79 Å². The topological polar surface area (TPSA) is 38.8 Å². The fraction of sp³-hybridized carbons (Fsp3) is 0.700. The first-order valence-electron chi connectivity index (χ1n) is 14.1. The number of benzene rings is 1. The molecular formula is C30H47NO3. The largest absolute Gasteiger partial charge is 0.454 e. The molecule has 0 bridgehead atoms. The first-order valence-corrected chi connectivity index (χ1v) is 14.1. The first kappa shape index (κ1) is 26.6. The standard InChI is InChI=1S/C30H47NO3/c1-2-3-4-5-6-7-8-12-17-26(27-20-21-28-29(24-27)34-25-33-28)18-13-9-10-14-19-30(32)31-22-15-11-16-23-31/h18,20-21,24H,2-17,19,22-23,25H2,1H3/b26-18-. The summed E-state index contributed by atoms with van der Waals surface area (Å²) >= 11 is 0. The molecule has 0 unspecified atom stereocenters. The summed E-state index contributed by atoms with van der Waals surface area (Å²) in [4.78, 5) is 14.4. The maximum Gasteiger partial charge on any atom is 0.231 e. The molecule has 0 atom stereocenters. The van der Waals surface area contributed by atoms with Gasteiger partial charge in [0.05, 0.1) is 0 Å². The predicted octanol–water partition coefficient (Wildman–Crippen LogP) is 8.29. The summed E-state index contributed by atoms with van der Waals surface area (Å²) in [6, 6.07) is 6.38. The molecule has 0 spiro atoms. The van der Waals surface area contributed by atoms with Crippen LogP contribution < -0.4 is 9.47 Å². The number of fused-ring (bicyclic) bond motifs is 1. The molecular weight excluding hydrogens is 422 g/mol. The number of ether oxygens (including phenoxy) is 2. The number of hydrogen-bond acceptors (Lipinski definition) is 3. The second-order valence-corrected chi connectivity index (χ2v) is 10.1. The van der Waals surface area contributed by atoms with Gasteiger partial charge in [0, 0.05) is 19.5 Å². The van der Waals surface area contributed by atoms with Crippen LogP contribution in [-0.2, 0) is 4.79 Å². The Bertz CT molecular complexity index is 751. The van der Waals surface area contributed by atoms with Crippen molar-refractivity contribution in [2.75, 3.05) is 19.9 Å². The minimum Gasteiger partial charge on any atom is -0.454 e. The molecule has 4 nitrogen and oxygen atoms in total. The Labute approximate surface area is 208 Å². The van der Waals surface area contributed by atoms with Gasteiger partial charge in [-0.2, -0.15) is 0 Å². The molecule has 0 N–H and O–H groups in total. The highest BCUT2D eigenvalue weighted by atomic mass is 16.7. The molecule has 34 heavy (non-hydrogen) atoms. The third-order valence-corrected chi connectivity index (χ3v) is 7.24. The molecule has 3 rings (SSSR count). The molecule has 1 aromatic carbocycles. The Morgan fingerprint density at radius 2 is 1.50 bits per heavy atom. The van der Waals surface area contributed by atoms with Gasteiger partial charge >= 0.3 is 0 Å². The third-order valence-electron chi connectivity index (χ3n) is 7.24. The van der Waals surface area contributed by atoms with Crippen LogP contribution in [0.4, 0.5) is 0 Å². The highest BCUT2D eigenvalue weighted by Gasteiger charge is 2.16. The number of allylic oxidation sites excluding steroid dienone is 2. The Morgan fingerprint density at radius 3 is 2.29 bits per heavy atom. The van der Waals surface area contributed by atoms with Gasteiger partial charge in [0.1, 0.15) is 0 Å². The molecule has 0 aliphatic carbocycles. The van der Waals surface area contributed by atoms with Gasteiger partial charge in [-0.15, -0.1) is 0 Å². The van der Waals surface area contributed by atoms with Gasteiger partial charge in [0.2, 0.25) is 12.7 Å². The van der Waals surface area contributed by atoms with Crippen LogP contribution in [0.2, 0.25) is 0 Å². The average molecular weight is 470 g/mol. The molecule has 2 aliphatic heterocycles. The van der Waals surface area contributed by atoms with Crippen molar-refractivity contribution in [3.8, 4) is 11.5 Å². The van der Waals surface area contributed by atoms with Gasteiger partial charge < -0.3 is 14.4 Å². The van der Waals surface area contributed by atoms with E-state index in [0.29, 0.717) is 12.7 Å². The number of rotatable bonds is 16. The Balaban J connectivity index is 1.41. The minimum atomic E-state index is 0.325. The lowest BCUT2D eigenvalue weighted by Gasteiger charge is -2.26. The molecule has 1 amide bonds. The van der Waals surface area contributed by atoms with Crippen LogP contribution in [0.3, 0.4) is 0 Å². The lowest BCUT2D eigenvalue weighted by Crippen LogP contribution is -2.35. The normalized spacial score (nSPS) is 15.7. The Hall–Kier alpha value is -1.97. The molecule has 0 radical (unpaired) electrons. The van der Waals surface area contributed by atoms with E-state index in [4.69, 9.17) is 9.47 Å². The number of unbranched alkanes of at least 4 members (excludes halogenated alkanes) is 10. The second kappa shape index (κ2) is 15.8. The van der Waals surface area contributed by atoms with E-state index in [0.717, 1.165) is 63.1 Å². The maximum atomic E-state index is 12.4. The number of carbonyl (C=O) groups excluding carboxylic acids is 1. The van der Waals surface area contributed by atoms with Crippen LogP contribution in [0, 0.1) is 0 Å². The van der Waals surface area contributed by atoms with E-state index in [2.05, 4.69) is 30.0 Å². The van der Waals surface area contributed by atoms with E-state index in [1.165, 1.54) is 81.8 Å².